The van der Waals surface area contributed by atoms with Crippen LogP contribution in [0.1, 0.15) is 26.2 Å². The third kappa shape index (κ3) is 2.32. The molecule has 0 aromatic rings. The molecular weight excluding hydrogens is 255 g/mol. The number of ether oxygens (including phenoxy) is 1. The van der Waals surface area contributed by atoms with E-state index >= 15 is 0 Å². The van der Waals surface area contributed by atoms with Crippen LogP contribution in [0.3, 0.4) is 0 Å². The second-order valence-electron chi connectivity index (χ2n) is 3.32. The summed E-state index contributed by atoms with van der Waals surface area (Å²) >= 11 is 2.71. The zero-order chi connectivity index (χ0) is 10.8. The normalized spacial score (nSPS) is 25.9. The molecule has 1 rings (SSSR count). The van der Waals surface area contributed by atoms with Crippen LogP contribution in [-0.4, -0.2) is 22.9 Å². The molecule has 0 saturated heterocycles. The summed E-state index contributed by atoms with van der Waals surface area (Å²) in [4.78, 5) is 22.1. The van der Waals surface area contributed by atoms with Crippen molar-refractivity contribution in [3.8, 4) is 0 Å². The first kappa shape index (κ1) is 11.6. The molecule has 0 aliphatic heterocycles. The molecule has 0 radical (unpaired) electrons. The predicted molar refractivity (Wildman–Crippen MR) is 51.7 cm³/mol. The monoisotopic (exact) mass is 266 g/mol. The fourth-order valence-electron chi connectivity index (χ4n) is 1.52. The Morgan fingerprint density at radius 2 is 2.43 bits per heavy atom. The molecule has 0 aromatic carbocycles. The number of ketones is 1. The molecule has 2 unspecified atom stereocenters. The number of carbonyl (C=O) groups excluding carboxylic acids is 2. The minimum Gasteiger partial charge on any atom is -0.463 e. The molecule has 5 heteroatoms. The maximum Gasteiger partial charge on any atom is 0.355 e. The van der Waals surface area contributed by atoms with Crippen molar-refractivity contribution in [2.75, 3.05) is 6.61 Å². The number of hydrogen-bond acceptors (Lipinski definition) is 3. The quantitative estimate of drug-likeness (QED) is 0.580. The standard InChI is InChI=1S/C9H12BrFO3/c1-2-14-8(13)9(10,11)6-3-4-7(12)5-6/h6H,2-5H2,1H3. The van der Waals surface area contributed by atoms with E-state index in [9.17, 15) is 14.0 Å². The number of Topliss-reactive ketones (excluding diaryl/α,β-unsaturated/α-hetero) is 1. The largest absolute Gasteiger partial charge is 0.463 e. The van der Waals surface area contributed by atoms with Gasteiger partial charge in [-0.3, -0.25) is 4.79 Å². The highest BCUT2D eigenvalue weighted by molar-refractivity contribution is 9.10. The summed E-state index contributed by atoms with van der Waals surface area (Å²) in [6, 6.07) is 0. The molecule has 0 spiro atoms. The molecule has 0 N–H and O–H groups in total. The second-order valence-corrected chi connectivity index (χ2v) is 4.48. The third-order valence-electron chi connectivity index (χ3n) is 2.31. The lowest BCUT2D eigenvalue weighted by atomic mass is 10.0. The van der Waals surface area contributed by atoms with Gasteiger partial charge in [-0.05, 0) is 29.3 Å². The van der Waals surface area contributed by atoms with Crippen LogP contribution < -0.4 is 0 Å². The van der Waals surface area contributed by atoms with Crippen molar-refractivity contribution in [2.24, 2.45) is 5.92 Å². The van der Waals surface area contributed by atoms with E-state index in [1.807, 2.05) is 0 Å². The number of hydrogen-bond donors (Lipinski definition) is 0. The van der Waals surface area contributed by atoms with E-state index in [2.05, 4.69) is 20.7 Å². The lowest BCUT2D eigenvalue weighted by molar-refractivity contribution is -0.153. The third-order valence-corrected chi connectivity index (χ3v) is 3.28. The smallest absolute Gasteiger partial charge is 0.355 e. The van der Waals surface area contributed by atoms with Gasteiger partial charge < -0.3 is 4.74 Å². The zero-order valence-corrected chi connectivity index (χ0v) is 9.47. The van der Waals surface area contributed by atoms with Crippen LogP contribution in [0.15, 0.2) is 0 Å². The van der Waals surface area contributed by atoms with Crippen molar-refractivity contribution in [1.82, 2.24) is 0 Å². The Morgan fingerprint density at radius 3 is 2.86 bits per heavy atom. The zero-order valence-electron chi connectivity index (χ0n) is 7.89. The molecule has 0 amide bonds. The molecule has 14 heavy (non-hydrogen) atoms. The molecular formula is C9H12BrFO3. The molecule has 80 valence electrons. The van der Waals surface area contributed by atoms with Crippen LogP contribution in [0.5, 0.6) is 0 Å². The Balaban J connectivity index is 2.64. The van der Waals surface area contributed by atoms with Gasteiger partial charge in [0.15, 0.2) is 0 Å². The first-order chi connectivity index (χ1) is 6.48. The fourth-order valence-corrected chi connectivity index (χ4v) is 2.02. The number of esters is 1. The van der Waals surface area contributed by atoms with E-state index < -0.39 is 16.5 Å². The first-order valence-corrected chi connectivity index (χ1v) is 5.34. The van der Waals surface area contributed by atoms with Crippen molar-refractivity contribution in [2.45, 2.75) is 30.8 Å². The van der Waals surface area contributed by atoms with Gasteiger partial charge in [0, 0.05) is 18.8 Å². The van der Waals surface area contributed by atoms with E-state index in [1.165, 1.54) is 0 Å². The van der Waals surface area contributed by atoms with E-state index in [4.69, 9.17) is 0 Å². The van der Waals surface area contributed by atoms with Crippen molar-refractivity contribution in [3.63, 3.8) is 0 Å². The second kappa shape index (κ2) is 4.38. The highest BCUT2D eigenvalue weighted by Crippen LogP contribution is 2.40. The summed E-state index contributed by atoms with van der Waals surface area (Å²) in [6.07, 6.45) is 0.862. The van der Waals surface area contributed by atoms with Gasteiger partial charge in [0.1, 0.15) is 5.78 Å². The number of rotatable bonds is 3. The van der Waals surface area contributed by atoms with E-state index in [0.29, 0.717) is 12.8 Å². The highest BCUT2D eigenvalue weighted by atomic mass is 79.9. The number of carbonyl (C=O) groups is 2. The Labute approximate surface area is 90.1 Å². The van der Waals surface area contributed by atoms with E-state index in [-0.39, 0.29) is 18.8 Å². The lowest BCUT2D eigenvalue weighted by Crippen LogP contribution is -2.36. The lowest BCUT2D eigenvalue weighted by Gasteiger charge is -2.21. The van der Waals surface area contributed by atoms with Gasteiger partial charge in [0.2, 0.25) is 0 Å². The molecule has 3 nitrogen and oxygen atoms in total. The van der Waals surface area contributed by atoms with Gasteiger partial charge in [0.05, 0.1) is 6.61 Å². The predicted octanol–water partition coefficient (Wildman–Crippen LogP) is 1.98. The van der Waals surface area contributed by atoms with Gasteiger partial charge in [-0.2, -0.15) is 0 Å². The van der Waals surface area contributed by atoms with E-state index in [0.717, 1.165) is 0 Å². The Bertz CT molecular complexity index is 252. The van der Waals surface area contributed by atoms with Gasteiger partial charge >= 0.3 is 5.97 Å². The van der Waals surface area contributed by atoms with Gasteiger partial charge in [-0.15, -0.1) is 0 Å². The van der Waals surface area contributed by atoms with Crippen LogP contribution >= 0.6 is 15.9 Å². The molecule has 1 aliphatic rings. The fraction of sp³-hybridized carbons (Fsp3) is 0.778. The summed E-state index contributed by atoms with van der Waals surface area (Å²) in [5.41, 5.74) is 0. The first-order valence-electron chi connectivity index (χ1n) is 4.55. The molecule has 0 bridgehead atoms. The molecule has 2 atom stereocenters. The SMILES string of the molecule is CCOC(=O)C(F)(Br)C1CCC(=O)C1. The summed E-state index contributed by atoms with van der Waals surface area (Å²) in [5.74, 6) is -1.52. The summed E-state index contributed by atoms with van der Waals surface area (Å²) in [5, 5.41) is 0. The van der Waals surface area contributed by atoms with Crippen LogP contribution in [0.4, 0.5) is 4.39 Å². The maximum absolute atomic E-state index is 13.8. The molecule has 0 aromatic heterocycles. The van der Waals surface area contributed by atoms with Gasteiger partial charge in [-0.25, -0.2) is 9.18 Å². The minimum atomic E-state index is -2.20. The van der Waals surface area contributed by atoms with Crippen LogP contribution in [0.2, 0.25) is 0 Å². The van der Waals surface area contributed by atoms with Crippen LogP contribution in [0, 0.1) is 5.92 Å². The Kier molecular flexibility index (Phi) is 3.64. The molecule has 1 aliphatic carbocycles. The topological polar surface area (TPSA) is 43.4 Å². The van der Waals surface area contributed by atoms with Crippen molar-refractivity contribution in [1.29, 1.82) is 0 Å². The van der Waals surface area contributed by atoms with Gasteiger partial charge in [0.25, 0.3) is 4.58 Å². The number of halogens is 2. The highest BCUT2D eigenvalue weighted by Gasteiger charge is 2.48. The van der Waals surface area contributed by atoms with Crippen molar-refractivity contribution >= 4 is 27.7 Å². The maximum atomic E-state index is 13.8. The van der Waals surface area contributed by atoms with Crippen molar-refractivity contribution < 1.29 is 18.7 Å². The van der Waals surface area contributed by atoms with Crippen LogP contribution in [0.25, 0.3) is 0 Å². The minimum absolute atomic E-state index is 0.000716. The Hall–Kier alpha value is -0.450. The average molecular weight is 267 g/mol. The molecule has 0 heterocycles. The number of alkyl halides is 2. The Morgan fingerprint density at radius 1 is 1.79 bits per heavy atom. The van der Waals surface area contributed by atoms with Gasteiger partial charge in [-0.1, -0.05) is 0 Å². The summed E-state index contributed by atoms with van der Waals surface area (Å²) < 4.78 is 16.2. The molecule has 1 saturated carbocycles. The summed E-state index contributed by atoms with van der Waals surface area (Å²) in [6.45, 7) is 1.75. The van der Waals surface area contributed by atoms with Crippen LogP contribution in [-0.2, 0) is 14.3 Å². The van der Waals surface area contributed by atoms with Crippen molar-refractivity contribution in [3.05, 3.63) is 0 Å². The summed E-state index contributed by atoms with van der Waals surface area (Å²) in [7, 11) is 0. The molecule has 1 fully saturated rings. The van der Waals surface area contributed by atoms with E-state index in [1.54, 1.807) is 6.92 Å². The average Bonchev–Trinajstić information content (AvgIpc) is 2.52.